The van der Waals surface area contributed by atoms with Crippen molar-refractivity contribution in [1.82, 2.24) is 4.90 Å². The number of carbonyl (C=O) groups excluding carboxylic acids is 1. The summed E-state index contributed by atoms with van der Waals surface area (Å²) in [6, 6.07) is 9.94. The van der Waals surface area contributed by atoms with Crippen molar-refractivity contribution >= 4 is 17.7 Å². The Balaban J connectivity index is 2.55. The van der Waals surface area contributed by atoms with Gasteiger partial charge in [0.25, 0.3) is 0 Å². The second kappa shape index (κ2) is 7.12. The van der Waals surface area contributed by atoms with E-state index in [2.05, 4.69) is 6.58 Å². The van der Waals surface area contributed by atoms with Crippen molar-refractivity contribution in [2.45, 2.75) is 13.5 Å². The molecule has 0 saturated carbocycles. The molecule has 16 heavy (non-hydrogen) atoms. The largest absolute Gasteiger partial charge is 0.315 e. The Hall–Kier alpha value is -1.22. The summed E-state index contributed by atoms with van der Waals surface area (Å²) >= 11 is 1.63. The molecule has 0 radical (unpaired) electrons. The van der Waals surface area contributed by atoms with Crippen LogP contribution in [0.4, 0.5) is 0 Å². The topological polar surface area (TPSA) is 20.3 Å². The zero-order chi connectivity index (χ0) is 11.8. The average molecular weight is 235 g/mol. The number of rotatable bonds is 6. The summed E-state index contributed by atoms with van der Waals surface area (Å²) in [5.41, 5.74) is 1.12. The van der Waals surface area contributed by atoms with Crippen LogP contribution in [0.15, 0.2) is 43.1 Å². The summed E-state index contributed by atoms with van der Waals surface area (Å²) in [5, 5.41) is 0. The number of benzene rings is 1. The van der Waals surface area contributed by atoms with Crippen LogP contribution in [0.5, 0.6) is 0 Å². The van der Waals surface area contributed by atoms with Crippen LogP contribution >= 0.6 is 11.8 Å². The van der Waals surface area contributed by atoms with Gasteiger partial charge in [-0.15, -0.1) is 0 Å². The lowest BCUT2D eigenvalue weighted by Crippen LogP contribution is -2.26. The molecule has 1 aromatic carbocycles. The molecule has 1 rings (SSSR count). The molecule has 0 fully saturated rings. The molecule has 0 aliphatic carbocycles. The SMILES string of the molecule is C=CN(Cc1ccccc1)C(=O)CSCC. The van der Waals surface area contributed by atoms with E-state index in [4.69, 9.17) is 0 Å². The van der Waals surface area contributed by atoms with Crippen LogP contribution in [0, 0.1) is 0 Å². The number of thioether (sulfide) groups is 1. The fourth-order valence-corrected chi connectivity index (χ4v) is 1.85. The summed E-state index contributed by atoms with van der Waals surface area (Å²) < 4.78 is 0. The zero-order valence-corrected chi connectivity index (χ0v) is 10.4. The van der Waals surface area contributed by atoms with Gasteiger partial charge in [-0.05, 0) is 17.5 Å². The smallest absolute Gasteiger partial charge is 0.236 e. The number of hydrogen-bond acceptors (Lipinski definition) is 2. The molecule has 1 amide bonds. The fraction of sp³-hybridized carbons (Fsp3) is 0.308. The lowest BCUT2D eigenvalue weighted by Gasteiger charge is -2.17. The van der Waals surface area contributed by atoms with E-state index in [9.17, 15) is 4.79 Å². The third-order valence-corrected chi connectivity index (χ3v) is 3.03. The molecule has 86 valence electrons. The standard InChI is InChI=1S/C13H17NOS/c1-3-14(13(15)11-16-4-2)10-12-8-6-5-7-9-12/h3,5-9H,1,4,10-11H2,2H3. The average Bonchev–Trinajstić information content (AvgIpc) is 2.34. The first-order chi connectivity index (χ1) is 7.77. The van der Waals surface area contributed by atoms with Crippen molar-refractivity contribution < 1.29 is 4.79 Å². The van der Waals surface area contributed by atoms with Gasteiger partial charge in [-0.3, -0.25) is 4.79 Å². The van der Waals surface area contributed by atoms with Gasteiger partial charge in [0.1, 0.15) is 0 Å². The van der Waals surface area contributed by atoms with Crippen molar-refractivity contribution in [3.63, 3.8) is 0 Å². The van der Waals surface area contributed by atoms with Gasteiger partial charge in [0.15, 0.2) is 0 Å². The monoisotopic (exact) mass is 235 g/mol. The molecule has 3 heteroatoms. The van der Waals surface area contributed by atoms with Gasteiger partial charge in [-0.2, -0.15) is 11.8 Å². The highest BCUT2D eigenvalue weighted by Gasteiger charge is 2.09. The third kappa shape index (κ3) is 4.11. The van der Waals surface area contributed by atoms with E-state index in [0.717, 1.165) is 11.3 Å². The van der Waals surface area contributed by atoms with Gasteiger partial charge >= 0.3 is 0 Å². The molecule has 0 aromatic heterocycles. The van der Waals surface area contributed by atoms with Crippen molar-refractivity contribution in [3.05, 3.63) is 48.7 Å². The first kappa shape index (κ1) is 12.8. The molecule has 0 heterocycles. The Morgan fingerprint density at radius 3 is 2.69 bits per heavy atom. The summed E-state index contributed by atoms with van der Waals surface area (Å²) in [5.74, 6) is 1.60. The predicted octanol–water partition coefficient (Wildman–Crippen LogP) is 2.91. The predicted molar refractivity (Wildman–Crippen MR) is 70.2 cm³/mol. The molecule has 2 nitrogen and oxygen atoms in total. The van der Waals surface area contributed by atoms with E-state index in [1.807, 2.05) is 37.3 Å². The molecule has 0 aliphatic heterocycles. The zero-order valence-electron chi connectivity index (χ0n) is 9.56. The third-order valence-electron chi connectivity index (χ3n) is 2.17. The van der Waals surface area contributed by atoms with Crippen LogP contribution < -0.4 is 0 Å². The van der Waals surface area contributed by atoms with E-state index in [1.165, 1.54) is 0 Å². The highest BCUT2D eigenvalue weighted by molar-refractivity contribution is 7.99. The van der Waals surface area contributed by atoms with Gasteiger partial charge in [0, 0.05) is 0 Å². The number of nitrogens with zero attached hydrogens (tertiary/aromatic N) is 1. The molecule has 0 bridgehead atoms. The lowest BCUT2D eigenvalue weighted by molar-refractivity contribution is -0.126. The van der Waals surface area contributed by atoms with Crippen LogP contribution in [0.2, 0.25) is 0 Å². The van der Waals surface area contributed by atoms with Crippen molar-refractivity contribution in [2.24, 2.45) is 0 Å². The van der Waals surface area contributed by atoms with Crippen LogP contribution in [-0.2, 0) is 11.3 Å². The highest BCUT2D eigenvalue weighted by Crippen LogP contribution is 2.08. The van der Waals surface area contributed by atoms with Crippen molar-refractivity contribution in [2.75, 3.05) is 11.5 Å². The normalized spacial score (nSPS) is 9.81. The molecule has 0 saturated heterocycles. The summed E-state index contributed by atoms with van der Waals surface area (Å²) in [4.78, 5) is 13.4. The second-order valence-corrected chi connectivity index (χ2v) is 4.60. The van der Waals surface area contributed by atoms with Crippen LogP contribution in [0.25, 0.3) is 0 Å². The maximum absolute atomic E-state index is 11.8. The maximum Gasteiger partial charge on any atom is 0.236 e. The van der Waals surface area contributed by atoms with Crippen LogP contribution in [0.3, 0.4) is 0 Å². The van der Waals surface area contributed by atoms with Gasteiger partial charge in [-0.1, -0.05) is 43.8 Å². The first-order valence-electron chi connectivity index (χ1n) is 5.31. The minimum absolute atomic E-state index is 0.116. The molecule has 0 N–H and O–H groups in total. The number of hydrogen-bond donors (Lipinski definition) is 0. The van der Waals surface area contributed by atoms with E-state index in [0.29, 0.717) is 12.3 Å². The molecular weight excluding hydrogens is 218 g/mol. The van der Waals surface area contributed by atoms with Crippen LogP contribution in [-0.4, -0.2) is 22.3 Å². The lowest BCUT2D eigenvalue weighted by atomic mass is 10.2. The van der Waals surface area contributed by atoms with Crippen LogP contribution in [0.1, 0.15) is 12.5 Å². The second-order valence-electron chi connectivity index (χ2n) is 3.33. The van der Waals surface area contributed by atoms with Crippen molar-refractivity contribution in [3.8, 4) is 0 Å². The van der Waals surface area contributed by atoms with Crippen molar-refractivity contribution in [1.29, 1.82) is 0 Å². The van der Waals surface area contributed by atoms with Gasteiger partial charge in [0.05, 0.1) is 12.3 Å². The Morgan fingerprint density at radius 2 is 2.12 bits per heavy atom. The Bertz CT molecular complexity index is 337. The number of carbonyl (C=O) groups is 1. The molecular formula is C13H17NOS. The maximum atomic E-state index is 11.8. The molecule has 0 spiro atoms. The Morgan fingerprint density at radius 1 is 1.44 bits per heavy atom. The summed E-state index contributed by atoms with van der Waals surface area (Å²) in [6.45, 7) is 6.34. The van der Waals surface area contributed by atoms with Gasteiger partial charge in [0.2, 0.25) is 5.91 Å². The van der Waals surface area contributed by atoms with E-state index in [1.54, 1.807) is 22.9 Å². The Kier molecular flexibility index (Phi) is 5.72. The Labute approximate surface area is 101 Å². The highest BCUT2D eigenvalue weighted by atomic mass is 32.2. The minimum Gasteiger partial charge on any atom is -0.315 e. The van der Waals surface area contributed by atoms with Gasteiger partial charge < -0.3 is 4.90 Å². The fourth-order valence-electron chi connectivity index (χ4n) is 1.31. The van der Waals surface area contributed by atoms with E-state index >= 15 is 0 Å². The minimum atomic E-state index is 0.116. The quantitative estimate of drug-likeness (QED) is 0.755. The summed E-state index contributed by atoms with van der Waals surface area (Å²) in [7, 11) is 0. The number of amides is 1. The molecule has 0 unspecified atom stereocenters. The van der Waals surface area contributed by atoms with E-state index in [-0.39, 0.29) is 5.91 Å². The molecule has 1 aromatic rings. The molecule has 0 aliphatic rings. The van der Waals surface area contributed by atoms with Gasteiger partial charge in [-0.25, -0.2) is 0 Å². The van der Waals surface area contributed by atoms with E-state index < -0.39 is 0 Å². The summed E-state index contributed by atoms with van der Waals surface area (Å²) in [6.07, 6.45) is 1.60. The first-order valence-corrected chi connectivity index (χ1v) is 6.47. The molecule has 0 atom stereocenters.